The number of nitrogens with two attached hydrogens (primary N) is 1. The fraction of sp³-hybridized carbons (Fsp3) is 0.387. The molecule has 2 aliphatic rings. The van der Waals surface area contributed by atoms with Gasteiger partial charge in [0.1, 0.15) is 5.60 Å². The van der Waals surface area contributed by atoms with Gasteiger partial charge in [-0.1, -0.05) is 30.3 Å². The van der Waals surface area contributed by atoms with Gasteiger partial charge in [-0.25, -0.2) is 4.79 Å². The molecule has 0 spiro atoms. The lowest BCUT2D eigenvalue weighted by atomic mass is 10.0. The van der Waals surface area contributed by atoms with Gasteiger partial charge in [-0.2, -0.15) is 9.67 Å². The first-order valence-corrected chi connectivity index (χ1v) is 14.3. The number of aryl methyl sites for hydroxylation is 4. The number of ether oxygens (including phenoxy) is 1. The average molecular weight is 553 g/mol. The number of carbonyl (C=O) groups is 1. The monoisotopic (exact) mass is 552 g/mol. The molecule has 1 atom stereocenters. The van der Waals surface area contributed by atoms with Crippen LogP contribution in [0.5, 0.6) is 0 Å². The van der Waals surface area contributed by atoms with Gasteiger partial charge in [0.05, 0.1) is 5.69 Å². The zero-order valence-electron chi connectivity index (χ0n) is 23.8. The maximum Gasteiger partial charge on any atom is 0.407 e. The fourth-order valence-corrected chi connectivity index (χ4v) is 5.66. The van der Waals surface area contributed by atoms with Crippen molar-refractivity contribution in [3.63, 3.8) is 0 Å². The Hall–Kier alpha value is -4.47. The molecule has 6 rings (SSSR count). The Labute approximate surface area is 239 Å². The Morgan fingerprint density at radius 3 is 2.56 bits per heavy atom. The summed E-state index contributed by atoms with van der Waals surface area (Å²) in [6.45, 7) is 5.61. The molecule has 0 fully saturated rings. The van der Waals surface area contributed by atoms with E-state index in [1.807, 2.05) is 39.0 Å². The van der Waals surface area contributed by atoms with E-state index in [4.69, 9.17) is 10.5 Å². The molecular formula is C31H36N8O2. The molecule has 212 valence electrons. The number of amides is 1. The molecular weight excluding hydrogens is 516 g/mol. The molecule has 2 aliphatic carbocycles. The lowest BCUT2D eigenvalue weighted by Gasteiger charge is -2.22. The number of rotatable bonds is 4. The standard InChI is InChI=1S/C31H36N8O2/c1-31(2,3)41-30(40)34-23-14-11-19-12-16-24(17-21(19)13-15-23)33-29-35-28(32)39(38-29)26-18-22-9-6-8-20-7-4-5-10-25(20)27(22)37-36-26/h4-5,7,10,12,16-18,23H,6,8-9,11,13-15H2,1-3H3,(H,34,40)(H3,32,33,35,38). The number of nitrogen functional groups attached to an aromatic ring is 1. The first-order chi connectivity index (χ1) is 19.7. The van der Waals surface area contributed by atoms with Gasteiger partial charge >= 0.3 is 6.09 Å². The first kappa shape index (κ1) is 26.7. The van der Waals surface area contributed by atoms with Gasteiger partial charge in [0.25, 0.3) is 0 Å². The summed E-state index contributed by atoms with van der Waals surface area (Å²) < 4.78 is 6.97. The van der Waals surface area contributed by atoms with Crippen LogP contribution in [0, 0.1) is 0 Å². The normalized spacial score (nSPS) is 16.4. The summed E-state index contributed by atoms with van der Waals surface area (Å²) in [7, 11) is 0. The smallest absolute Gasteiger partial charge is 0.407 e. The summed E-state index contributed by atoms with van der Waals surface area (Å²) in [5.74, 6) is 1.18. The highest BCUT2D eigenvalue weighted by molar-refractivity contribution is 5.69. The Bertz CT molecular complexity index is 1590. The molecule has 0 saturated heterocycles. The summed E-state index contributed by atoms with van der Waals surface area (Å²) >= 11 is 0. The van der Waals surface area contributed by atoms with Gasteiger partial charge in [-0.3, -0.25) is 0 Å². The Morgan fingerprint density at radius 1 is 0.951 bits per heavy atom. The molecule has 4 aromatic rings. The zero-order chi connectivity index (χ0) is 28.6. The Kier molecular flexibility index (Phi) is 7.07. The van der Waals surface area contributed by atoms with Crippen LogP contribution < -0.4 is 16.4 Å². The molecule has 4 N–H and O–H groups in total. The molecule has 2 aromatic carbocycles. The van der Waals surface area contributed by atoms with Crippen LogP contribution >= 0.6 is 0 Å². The number of nitrogens with zero attached hydrogens (tertiary/aromatic N) is 5. The molecule has 0 bridgehead atoms. The molecule has 0 aliphatic heterocycles. The number of hydrogen-bond donors (Lipinski definition) is 3. The molecule has 10 heteroatoms. The summed E-state index contributed by atoms with van der Waals surface area (Å²) in [6.07, 6.45) is 6.06. The van der Waals surface area contributed by atoms with Crippen LogP contribution in [0.4, 0.5) is 22.4 Å². The second kappa shape index (κ2) is 10.8. The minimum atomic E-state index is -0.513. The topological polar surface area (TPSA) is 133 Å². The van der Waals surface area contributed by atoms with Crippen LogP contribution in [0.15, 0.2) is 48.5 Å². The van der Waals surface area contributed by atoms with E-state index in [2.05, 4.69) is 61.2 Å². The van der Waals surface area contributed by atoms with E-state index in [0.29, 0.717) is 11.8 Å². The number of hydrogen-bond acceptors (Lipinski definition) is 8. The van der Waals surface area contributed by atoms with Gasteiger partial charge in [0, 0.05) is 17.3 Å². The molecule has 41 heavy (non-hydrogen) atoms. The summed E-state index contributed by atoms with van der Waals surface area (Å²) in [6, 6.07) is 16.7. The number of carbonyl (C=O) groups excluding carboxylic acids is 1. The van der Waals surface area contributed by atoms with Crippen molar-refractivity contribution >= 4 is 23.7 Å². The highest BCUT2D eigenvalue weighted by Crippen LogP contribution is 2.31. The third kappa shape index (κ3) is 6.01. The summed E-state index contributed by atoms with van der Waals surface area (Å²) in [4.78, 5) is 16.7. The molecule has 2 heterocycles. The van der Waals surface area contributed by atoms with Crippen LogP contribution in [0.1, 0.15) is 62.3 Å². The minimum absolute atomic E-state index is 0.0707. The fourth-order valence-electron chi connectivity index (χ4n) is 5.66. The van der Waals surface area contributed by atoms with Crippen molar-refractivity contribution in [3.8, 4) is 17.1 Å². The molecule has 0 radical (unpaired) electrons. The van der Waals surface area contributed by atoms with Crippen molar-refractivity contribution < 1.29 is 9.53 Å². The van der Waals surface area contributed by atoms with Crippen LogP contribution in [0.25, 0.3) is 17.1 Å². The third-order valence-electron chi connectivity index (χ3n) is 7.58. The number of benzene rings is 2. The zero-order valence-corrected chi connectivity index (χ0v) is 23.8. The number of fused-ring (bicyclic) bond motifs is 4. The van der Waals surface area contributed by atoms with Crippen molar-refractivity contribution in [1.82, 2.24) is 30.3 Å². The predicted molar refractivity (Wildman–Crippen MR) is 158 cm³/mol. The van der Waals surface area contributed by atoms with Crippen molar-refractivity contribution in [3.05, 3.63) is 70.8 Å². The third-order valence-corrected chi connectivity index (χ3v) is 7.58. The van der Waals surface area contributed by atoms with Crippen LogP contribution in [-0.2, 0) is 30.4 Å². The van der Waals surface area contributed by atoms with E-state index in [0.717, 1.165) is 67.5 Å². The van der Waals surface area contributed by atoms with E-state index in [9.17, 15) is 4.79 Å². The van der Waals surface area contributed by atoms with Gasteiger partial charge < -0.3 is 21.1 Å². The Balaban J connectivity index is 1.16. The lowest BCUT2D eigenvalue weighted by Crippen LogP contribution is -2.39. The van der Waals surface area contributed by atoms with Gasteiger partial charge in [-0.15, -0.1) is 15.3 Å². The SMILES string of the molecule is CC(C)(C)OC(=O)NC1CCc2ccc(Nc3nc(N)n(-c4cc5c(nn4)-c4ccccc4CCC5)n3)cc2CC1. The highest BCUT2D eigenvalue weighted by atomic mass is 16.6. The number of alkyl carbamates (subject to hydrolysis) is 1. The molecule has 10 nitrogen and oxygen atoms in total. The van der Waals surface area contributed by atoms with Crippen LogP contribution in [0.2, 0.25) is 0 Å². The summed E-state index contributed by atoms with van der Waals surface area (Å²) in [5.41, 5.74) is 13.7. The maximum absolute atomic E-state index is 12.3. The number of anilines is 3. The van der Waals surface area contributed by atoms with Gasteiger partial charge in [0.15, 0.2) is 5.82 Å². The van der Waals surface area contributed by atoms with Crippen molar-refractivity contribution in [1.29, 1.82) is 0 Å². The van der Waals surface area contributed by atoms with Crippen molar-refractivity contribution in [2.24, 2.45) is 0 Å². The van der Waals surface area contributed by atoms with E-state index in [-0.39, 0.29) is 18.1 Å². The highest BCUT2D eigenvalue weighted by Gasteiger charge is 2.23. The Morgan fingerprint density at radius 2 is 1.73 bits per heavy atom. The second-order valence-electron chi connectivity index (χ2n) is 11.8. The van der Waals surface area contributed by atoms with Gasteiger partial charge in [-0.05, 0) is 106 Å². The molecule has 2 aromatic heterocycles. The minimum Gasteiger partial charge on any atom is -0.444 e. The predicted octanol–water partition coefficient (Wildman–Crippen LogP) is 5.31. The largest absolute Gasteiger partial charge is 0.444 e. The van der Waals surface area contributed by atoms with Crippen molar-refractivity contribution in [2.45, 2.75) is 77.4 Å². The van der Waals surface area contributed by atoms with E-state index >= 15 is 0 Å². The van der Waals surface area contributed by atoms with Crippen LogP contribution in [-0.4, -0.2) is 42.7 Å². The first-order valence-electron chi connectivity index (χ1n) is 14.3. The summed E-state index contributed by atoms with van der Waals surface area (Å²) in [5, 5.41) is 20.0. The van der Waals surface area contributed by atoms with E-state index in [1.54, 1.807) is 0 Å². The molecule has 0 saturated carbocycles. The maximum atomic E-state index is 12.3. The lowest BCUT2D eigenvalue weighted by molar-refractivity contribution is 0.0500. The number of nitrogens with one attached hydrogen (secondary N) is 2. The number of aromatic nitrogens is 5. The van der Waals surface area contributed by atoms with Gasteiger partial charge in [0.2, 0.25) is 11.9 Å². The quantitative estimate of drug-likeness (QED) is 0.290. The van der Waals surface area contributed by atoms with Crippen LogP contribution in [0.3, 0.4) is 0 Å². The average Bonchev–Trinajstić information content (AvgIpc) is 3.07. The van der Waals surface area contributed by atoms with Crippen molar-refractivity contribution in [2.75, 3.05) is 11.1 Å². The molecule has 1 amide bonds. The molecule has 1 unspecified atom stereocenters. The van der Waals surface area contributed by atoms with E-state index < -0.39 is 5.60 Å². The van der Waals surface area contributed by atoms with E-state index in [1.165, 1.54) is 21.4 Å². The second-order valence-corrected chi connectivity index (χ2v) is 11.8.